The fraction of sp³-hybridized carbons (Fsp3) is 0.333. The molecule has 5 heteroatoms. The number of hydrogen-bond acceptors (Lipinski definition) is 4. The lowest BCUT2D eigenvalue weighted by molar-refractivity contribution is 0.170. The summed E-state index contributed by atoms with van der Waals surface area (Å²) in [5.74, 6) is 0.734. The normalized spacial score (nSPS) is 15.0. The van der Waals surface area contributed by atoms with Crippen LogP contribution in [-0.2, 0) is 10.8 Å². The van der Waals surface area contributed by atoms with E-state index in [1.807, 2.05) is 55.5 Å². The van der Waals surface area contributed by atoms with Crippen molar-refractivity contribution < 1.29 is 14.1 Å². The van der Waals surface area contributed by atoms with Gasteiger partial charge in [0.15, 0.2) is 0 Å². The molecule has 0 bridgehead atoms. The second-order valence-corrected chi connectivity index (χ2v) is 6.83. The third kappa shape index (κ3) is 4.89. The number of nitrogens with one attached hydrogen (secondary N) is 1. The van der Waals surface area contributed by atoms with E-state index < -0.39 is 16.9 Å². The van der Waals surface area contributed by atoms with Crippen LogP contribution in [0.3, 0.4) is 0 Å². The minimum absolute atomic E-state index is 0.0922. The van der Waals surface area contributed by atoms with Gasteiger partial charge in [-0.2, -0.15) is 0 Å². The Morgan fingerprint density at radius 2 is 1.87 bits per heavy atom. The lowest BCUT2D eigenvalue weighted by Gasteiger charge is -2.18. The number of ether oxygens (including phenoxy) is 1. The van der Waals surface area contributed by atoms with Gasteiger partial charge in [-0.3, -0.25) is 4.21 Å². The zero-order valence-corrected chi connectivity index (χ0v) is 14.5. The molecule has 2 N–H and O–H groups in total. The van der Waals surface area contributed by atoms with Crippen molar-refractivity contribution in [3.8, 4) is 5.75 Å². The highest BCUT2D eigenvalue weighted by molar-refractivity contribution is 7.84. The molecule has 4 nitrogen and oxygen atoms in total. The first-order valence-electron chi connectivity index (χ1n) is 7.50. The van der Waals surface area contributed by atoms with Crippen molar-refractivity contribution in [3.05, 3.63) is 59.7 Å². The van der Waals surface area contributed by atoms with E-state index in [0.29, 0.717) is 6.54 Å². The summed E-state index contributed by atoms with van der Waals surface area (Å²) in [6, 6.07) is 15.2. The smallest absolute Gasteiger partial charge is 0.119 e. The van der Waals surface area contributed by atoms with Crippen LogP contribution < -0.4 is 10.1 Å². The standard InChI is InChI=1S/C18H23NO3S/c1-13(14-7-9-17(10-8-14)23(3)21)19-12-18(20)15-5-4-6-16(11-15)22-2/h4-11,13,18-20H,12H2,1-3H3/t13-,18+,23-/m0/s1. The van der Waals surface area contributed by atoms with Gasteiger partial charge in [0.05, 0.1) is 13.2 Å². The average Bonchev–Trinajstić information content (AvgIpc) is 2.59. The molecule has 0 aliphatic rings. The van der Waals surface area contributed by atoms with Crippen molar-refractivity contribution in [2.45, 2.75) is 24.0 Å². The van der Waals surface area contributed by atoms with E-state index in [0.717, 1.165) is 21.8 Å². The highest BCUT2D eigenvalue weighted by Gasteiger charge is 2.11. The summed E-state index contributed by atoms with van der Waals surface area (Å²) >= 11 is 0. The largest absolute Gasteiger partial charge is 0.497 e. The number of hydrogen-bond donors (Lipinski definition) is 2. The van der Waals surface area contributed by atoms with E-state index in [9.17, 15) is 9.32 Å². The van der Waals surface area contributed by atoms with Crippen molar-refractivity contribution >= 4 is 10.8 Å². The van der Waals surface area contributed by atoms with Crippen LogP contribution in [-0.4, -0.2) is 29.2 Å². The fourth-order valence-electron chi connectivity index (χ4n) is 2.32. The quantitative estimate of drug-likeness (QED) is 0.818. The van der Waals surface area contributed by atoms with Crippen molar-refractivity contribution in [3.63, 3.8) is 0 Å². The summed E-state index contributed by atoms with van der Waals surface area (Å²) < 4.78 is 16.6. The minimum atomic E-state index is -0.962. The lowest BCUT2D eigenvalue weighted by atomic mass is 10.1. The van der Waals surface area contributed by atoms with Gasteiger partial charge in [-0.1, -0.05) is 24.3 Å². The zero-order valence-electron chi connectivity index (χ0n) is 13.7. The maximum Gasteiger partial charge on any atom is 0.119 e. The lowest BCUT2D eigenvalue weighted by Crippen LogP contribution is -2.24. The molecule has 23 heavy (non-hydrogen) atoms. The molecule has 3 atom stereocenters. The van der Waals surface area contributed by atoms with Gasteiger partial charge >= 0.3 is 0 Å². The van der Waals surface area contributed by atoms with E-state index in [1.54, 1.807) is 13.4 Å². The molecule has 0 aliphatic heterocycles. The summed E-state index contributed by atoms with van der Waals surface area (Å²) in [5, 5.41) is 13.6. The molecule has 124 valence electrons. The number of aliphatic hydroxyl groups is 1. The maximum absolute atomic E-state index is 11.4. The summed E-state index contributed by atoms with van der Waals surface area (Å²) in [7, 11) is 0.648. The van der Waals surface area contributed by atoms with Gasteiger partial charge in [0.2, 0.25) is 0 Å². The van der Waals surface area contributed by atoms with Crippen LogP contribution in [0, 0.1) is 0 Å². The van der Waals surface area contributed by atoms with E-state index in [1.165, 1.54) is 0 Å². The first kappa shape index (κ1) is 17.7. The van der Waals surface area contributed by atoms with Crippen LogP contribution in [0.1, 0.15) is 30.2 Å². The Morgan fingerprint density at radius 1 is 1.17 bits per heavy atom. The Bertz CT molecular complexity index is 658. The third-order valence-electron chi connectivity index (χ3n) is 3.81. The van der Waals surface area contributed by atoms with Gasteiger partial charge in [0.25, 0.3) is 0 Å². The number of methoxy groups -OCH3 is 1. The SMILES string of the molecule is COc1cccc([C@H](O)CN[C@@H](C)c2ccc([S@](C)=O)cc2)c1. The van der Waals surface area contributed by atoms with Gasteiger partial charge in [-0.25, -0.2) is 0 Å². The topological polar surface area (TPSA) is 58.6 Å². The van der Waals surface area contributed by atoms with Crippen LogP contribution >= 0.6 is 0 Å². The van der Waals surface area contributed by atoms with Gasteiger partial charge in [0.1, 0.15) is 5.75 Å². The Morgan fingerprint density at radius 3 is 2.48 bits per heavy atom. The highest BCUT2D eigenvalue weighted by Crippen LogP contribution is 2.20. The van der Waals surface area contributed by atoms with Crippen LogP contribution in [0.2, 0.25) is 0 Å². The van der Waals surface area contributed by atoms with E-state index in [2.05, 4.69) is 5.32 Å². The molecule has 2 rings (SSSR count). The molecule has 0 spiro atoms. The van der Waals surface area contributed by atoms with Crippen molar-refractivity contribution in [2.75, 3.05) is 19.9 Å². The van der Waals surface area contributed by atoms with Crippen molar-refractivity contribution in [1.82, 2.24) is 5.32 Å². The summed E-state index contributed by atoms with van der Waals surface area (Å²) in [4.78, 5) is 0.817. The number of rotatable bonds is 7. The Labute approximate surface area is 140 Å². The highest BCUT2D eigenvalue weighted by atomic mass is 32.2. The van der Waals surface area contributed by atoms with Crippen LogP contribution in [0.15, 0.2) is 53.4 Å². The van der Waals surface area contributed by atoms with Crippen molar-refractivity contribution in [1.29, 1.82) is 0 Å². The van der Waals surface area contributed by atoms with Crippen LogP contribution in [0.25, 0.3) is 0 Å². The van der Waals surface area contributed by atoms with Gasteiger partial charge in [0, 0.05) is 34.5 Å². The molecular weight excluding hydrogens is 310 g/mol. The molecular formula is C18H23NO3S. The van der Waals surface area contributed by atoms with Crippen molar-refractivity contribution in [2.24, 2.45) is 0 Å². The van der Waals surface area contributed by atoms with E-state index >= 15 is 0 Å². The molecule has 0 aliphatic carbocycles. The molecule has 0 saturated heterocycles. The summed E-state index contributed by atoms with van der Waals surface area (Å²) in [6.45, 7) is 2.48. The molecule has 0 unspecified atom stereocenters. The monoisotopic (exact) mass is 333 g/mol. The number of aliphatic hydroxyl groups excluding tert-OH is 1. The molecule has 2 aromatic carbocycles. The molecule has 0 heterocycles. The summed E-state index contributed by atoms with van der Waals surface area (Å²) in [6.07, 6.45) is 1.07. The van der Waals surface area contributed by atoms with Crippen LogP contribution in [0.5, 0.6) is 5.75 Å². The Hall–Kier alpha value is -1.69. The van der Waals surface area contributed by atoms with E-state index in [4.69, 9.17) is 4.74 Å². The second kappa shape index (κ2) is 8.24. The minimum Gasteiger partial charge on any atom is -0.497 e. The first-order chi connectivity index (χ1) is 11.0. The summed E-state index contributed by atoms with van der Waals surface area (Å²) in [5.41, 5.74) is 1.91. The molecule has 0 radical (unpaired) electrons. The predicted octanol–water partition coefficient (Wildman–Crippen LogP) is 2.82. The first-order valence-corrected chi connectivity index (χ1v) is 9.06. The van der Waals surface area contributed by atoms with Gasteiger partial charge in [-0.15, -0.1) is 0 Å². The van der Waals surface area contributed by atoms with Crippen LogP contribution in [0.4, 0.5) is 0 Å². The Kier molecular flexibility index (Phi) is 6.33. The van der Waals surface area contributed by atoms with Gasteiger partial charge < -0.3 is 15.2 Å². The average molecular weight is 333 g/mol. The molecule has 0 aromatic heterocycles. The maximum atomic E-state index is 11.4. The molecule has 0 amide bonds. The molecule has 2 aromatic rings. The number of benzene rings is 2. The zero-order chi connectivity index (χ0) is 16.8. The third-order valence-corrected chi connectivity index (χ3v) is 4.74. The Balaban J connectivity index is 1.94. The van der Waals surface area contributed by atoms with Gasteiger partial charge in [-0.05, 0) is 42.3 Å². The second-order valence-electron chi connectivity index (χ2n) is 5.45. The van der Waals surface area contributed by atoms with E-state index in [-0.39, 0.29) is 6.04 Å². The molecule has 0 saturated carbocycles. The molecule has 0 fully saturated rings. The predicted molar refractivity (Wildman–Crippen MR) is 93.1 cm³/mol. The fourth-order valence-corrected chi connectivity index (χ4v) is 2.84.